The second-order valence-corrected chi connectivity index (χ2v) is 9.74. The molecule has 1 saturated heterocycles. The van der Waals surface area contributed by atoms with Crippen LogP contribution in [0.1, 0.15) is 12.0 Å². The molecule has 1 fully saturated rings. The third kappa shape index (κ3) is 5.56. The molecule has 3 N–H and O–H groups in total. The standard InChI is InChI=1S/C31H28N6O2/c38-30-27-18-26(22-4-2-1-3-5-22)29(36-28(27)12-16-33-30)23-8-6-21(7-9-23)19-37-17-13-25(20-37)35-31(39)34-24-10-14-32-15-11-24/h1-12,14-16,18,25H,13,17,19-20H2,(H,33,38)(H2,32,34,35,39). The van der Waals surface area contributed by atoms with Crippen molar-refractivity contribution in [2.24, 2.45) is 0 Å². The minimum absolute atomic E-state index is 0.101. The fraction of sp³-hybridized carbons (Fsp3) is 0.161. The predicted octanol–water partition coefficient (Wildman–Crippen LogP) is 5.05. The van der Waals surface area contributed by atoms with Gasteiger partial charge in [0.25, 0.3) is 5.56 Å². The minimum atomic E-state index is -0.198. The number of amides is 2. The first-order valence-electron chi connectivity index (χ1n) is 13.0. The molecule has 8 heteroatoms. The van der Waals surface area contributed by atoms with Gasteiger partial charge in [-0.1, -0.05) is 54.6 Å². The number of H-pyrrole nitrogens is 1. The summed E-state index contributed by atoms with van der Waals surface area (Å²) in [5.41, 5.74) is 6.21. The molecule has 3 aromatic heterocycles. The fourth-order valence-corrected chi connectivity index (χ4v) is 5.08. The van der Waals surface area contributed by atoms with Crippen molar-refractivity contribution in [3.8, 4) is 22.4 Å². The lowest BCUT2D eigenvalue weighted by atomic mass is 9.97. The Hall–Kier alpha value is -4.82. The highest BCUT2D eigenvalue weighted by Crippen LogP contribution is 2.33. The lowest BCUT2D eigenvalue weighted by molar-refractivity contribution is 0.247. The van der Waals surface area contributed by atoms with E-state index in [9.17, 15) is 9.59 Å². The van der Waals surface area contributed by atoms with E-state index in [0.717, 1.165) is 54.1 Å². The second-order valence-electron chi connectivity index (χ2n) is 9.74. The van der Waals surface area contributed by atoms with Crippen LogP contribution < -0.4 is 16.2 Å². The molecule has 0 aliphatic carbocycles. The van der Waals surface area contributed by atoms with Crippen LogP contribution in [0.2, 0.25) is 0 Å². The first-order chi connectivity index (χ1) is 19.1. The van der Waals surface area contributed by atoms with E-state index in [2.05, 4.69) is 49.8 Å². The van der Waals surface area contributed by atoms with Crippen molar-refractivity contribution in [2.45, 2.75) is 19.0 Å². The highest BCUT2D eigenvalue weighted by atomic mass is 16.2. The number of pyridine rings is 3. The maximum Gasteiger partial charge on any atom is 0.319 e. The number of benzene rings is 2. The maximum atomic E-state index is 12.5. The van der Waals surface area contributed by atoms with Crippen LogP contribution >= 0.6 is 0 Å². The van der Waals surface area contributed by atoms with E-state index in [1.807, 2.05) is 42.5 Å². The smallest absolute Gasteiger partial charge is 0.319 e. The monoisotopic (exact) mass is 516 g/mol. The zero-order valence-corrected chi connectivity index (χ0v) is 21.3. The SMILES string of the molecule is O=C(Nc1ccncc1)NC1CCN(Cc2ccc(-c3nc4cc[nH]c(=O)c4cc3-c3ccccc3)cc2)C1. The van der Waals surface area contributed by atoms with Crippen molar-refractivity contribution in [3.63, 3.8) is 0 Å². The third-order valence-corrected chi connectivity index (χ3v) is 7.02. The van der Waals surface area contributed by atoms with Gasteiger partial charge in [0.1, 0.15) is 0 Å². The van der Waals surface area contributed by atoms with Gasteiger partial charge >= 0.3 is 6.03 Å². The van der Waals surface area contributed by atoms with Crippen molar-refractivity contribution >= 4 is 22.6 Å². The Morgan fingerprint density at radius 3 is 2.56 bits per heavy atom. The Labute approximate surface area is 225 Å². The molecule has 2 amide bonds. The van der Waals surface area contributed by atoms with E-state index >= 15 is 0 Å². The maximum absolute atomic E-state index is 12.5. The molecule has 39 heavy (non-hydrogen) atoms. The molecule has 0 spiro atoms. The van der Waals surface area contributed by atoms with Gasteiger partial charge in [0.15, 0.2) is 0 Å². The van der Waals surface area contributed by atoms with Gasteiger partial charge in [-0.3, -0.25) is 14.7 Å². The summed E-state index contributed by atoms with van der Waals surface area (Å²) < 4.78 is 0. The topological polar surface area (TPSA) is 103 Å². The number of urea groups is 1. The summed E-state index contributed by atoms with van der Waals surface area (Å²) in [6.07, 6.45) is 5.84. The number of rotatable bonds is 6. The van der Waals surface area contributed by atoms with Crippen LogP contribution in [-0.2, 0) is 6.54 Å². The zero-order chi connectivity index (χ0) is 26.6. The van der Waals surface area contributed by atoms with Crippen molar-refractivity contribution in [1.82, 2.24) is 25.2 Å². The number of hydrogen-bond acceptors (Lipinski definition) is 5. The van der Waals surface area contributed by atoms with Gasteiger partial charge in [-0.15, -0.1) is 0 Å². The Kier molecular flexibility index (Phi) is 6.84. The van der Waals surface area contributed by atoms with Gasteiger partial charge in [-0.25, -0.2) is 9.78 Å². The summed E-state index contributed by atoms with van der Waals surface area (Å²) >= 11 is 0. The molecule has 2 aromatic carbocycles. The van der Waals surface area contributed by atoms with Crippen LogP contribution in [0.5, 0.6) is 0 Å². The third-order valence-electron chi connectivity index (χ3n) is 7.02. The van der Waals surface area contributed by atoms with Gasteiger partial charge in [0, 0.05) is 61.1 Å². The van der Waals surface area contributed by atoms with Crippen molar-refractivity contribution in [3.05, 3.63) is 113 Å². The van der Waals surface area contributed by atoms with Gasteiger partial charge < -0.3 is 15.6 Å². The molecule has 8 nitrogen and oxygen atoms in total. The Morgan fingerprint density at radius 1 is 0.974 bits per heavy atom. The molecule has 1 atom stereocenters. The summed E-state index contributed by atoms with van der Waals surface area (Å²) in [6.45, 7) is 2.52. The molecule has 6 rings (SSSR count). The second kappa shape index (κ2) is 10.9. The number of hydrogen-bond donors (Lipinski definition) is 3. The molecule has 5 aromatic rings. The molecule has 1 aliphatic heterocycles. The lowest BCUT2D eigenvalue weighted by Crippen LogP contribution is -2.39. The van der Waals surface area contributed by atoms with Crippen molar-refractivity contribution < 1.29 is 4.79 Å². The lowest BCUT2D eigenvalue weighted by Gasteiger charge is -2.17. The van der Waals surface area contributed by atoms with Gasteiger partial charge in [-0.2, -0.15) is 0 Å². The Bertz CT molecular complexity index is 1650. The molecule has 0 bridgehead atoms. The summed E-state index contributed by atoms with van der Waals surface area (Å²) in [4.78, 5) is 38.8. The number of fused-ring (bicyclic) bond motifs is 1. The number of aromatic nitrogens is 3. The number of carbonyl (C=O) groups excluding carboxylic acids is 1. The number of likely N-dealkylation sites (tertiary alicyclic amines) is 1. The highest BCUT2D eigenvalue weighted by molar-refractivity contribution is 5.91. The van der Waals surface area contributed by atoms with Crippen LogP contribution in [0.4, 0.5) is 10.5 Å². The number of carbonyl (C=O) groups is 1. The number of anilines is 1. The predicted molar refractivity (Wildman–Crippen MR) is 153 cm³/mol. The van der Waals surface area contributed by atoms with Crippen LogP contribution in [-0.4, -0.2) is 45.0 Å². The quantitative estimate of drug-likeness (QED) is 0.293. The number of nitrogens with zero attached hydrogens (tertiary/aromatic N) is 3. The summed E-state index contributed by atoms with van der Waals surface area (Å²) in [6, 6.07) is 25.7. The van der Waals surface area contributed by atoms with Crippen molar-refractivity contribution in [1.29, 1.82) is 0 Å². The van der Waals surface area contributed by atoms with E-state index in [-0.39, 0.29) is 17.6 Å². The molecule has 0 radical (unpaired) electrons. The molecule has 1 unspecified atom stereocenters. The van der Waals surface area contributed by atoms with Crippen LogP contribution in [0, 0.1) is 0 Å². The van der Waals surface area contributed by atoms with E-state index < -0.39 is 0 Å². The Balaban J connectivity index is 1.16. The molecular formula is C31H28N6O2. The van der Waals surface area contributed by atoms with E-state index in [0.29, 0.717) is 10.9 Å². The van der Waals surface area contributed by atoms with E-state index in [1.165, 1.54) is 5.56 Å². The average molecular weight is 517 g/mol. The molecule has 0 saturated carbocycles. The molecule has 4 heterocycles. The number of aromatic amines is 1. The van der Waals surface area contributed by atoms with Gasteiger partial charge in [0.2, 0.25) is 0 Å². The minimum Gasteiger partial charge on any atom is -0.334 e. The normalized spacial score (nSPS) is 15.3. The summed E-state index contributed by atoms with van der Waals surface area (Å²) in [5, 5.41) is 6.49. The van der Waals surface area contributed by atoms with Crippen molar-refractivity contribution in [2.75, 3.05) is 18.4 Å². The molecule has 194 valence electrons. The largest absolute Gasteiger partial charge is 0.334 e. The van der Waals surface area contributed by atoms with Crippen LogP contribution in [0.3, 0.4) is 0 Å². The van der Waals surface area contributed by atoms with Gasteiger partial charge in [0.05, 0.1) is 16.6 Å². The molecule has 1 aliphatic rings. The summed E-state index contributed by atoms with van der Waals surface area (Å²) in [5.74, 6) is 0. The first-order valence-corrected chi connectivity index (χ1v) is 13.0. The van der Waals surface area contributed by atoms with Gasteiger partial charge in [-0.05, 0) is 41.8 Å². The Morgan fingerprint density at radius 2 is 1.77 bits per heavy atom. The fourth-order valence-electron chi connectivity index (χ4n) is 5.08. The average Bonchev–Trinajstić information content (AvgIpc) is 3.40. The summed E-state index contributed by atoms with van der Waals surface area (Å²) in [7, 11) is 0. The van der Waals surface area contributed by atoms with E-state index in [1.54, 1.807) is 30.7 Å². The van der Waals surface area contributed by atoms with Crippen LogP contribution in [0.15, 0.2) is 102 Å². The molecular weight excluding hydrogens is 488 g/mol. The highest BCUT2D eigenvalue weighted by Gasteiger charge is 2.24. The first kappa shape index (κ1) is 24.5. The zero-order valence-electron chi connectivity index (χ0n) is 21.3. The van der Waals surface area contributed by atoms with E-state index in [4.69, 9.17) is 4.98 Å². The number of nitrogens with one attached hydrogen (secondary N) is 3. The van der Waals surface area contributed by atoms with Crippen LogP contribution in [0.25, 0.3) is 33.3 Å².